The highest BCUT2D eigenvalue weighted by Gasteiger charge is 2.74. The third-order valence-corrected chi connectivity index (χ3v) is 8.27. The molecule has 38 heavy (non-hydrogen) atoms. The third kappa shape index (κ3) is 3.62. The van der Waals surface area contributed by atoms with E-state index in [1.54, 1.807) is 9.80 Å². The van der Waals surface area contributed by atoms with Crippen molar-refractivity contribution in [1.82, 2.24) is 9.80 Å². The second-order valence-corrected chi connectivity index (χ2v) is 10.5. The fourth-order valence-corrected chi connectivity index (χ4v) is 6.70. The zero-order chi connectivity index (χ0) is 26.5. The number of rotatable bonds is 5. The molecular formula is C30H31N3O5. The van der Waals surface area contributed by atoms with Gasteiger partial charge in [0.25, 0.3) is 0 Å². The number of benzene rings is 2. The molecule has 1 spiro atoms. The number of para-hydroxylation sites is 1. The van der Waals surface area contributed by atoms with Crippen molar-refractivity contribution in [1.29, 1.82) is 0 Å². The highest BCUT2D eigenvalue weighted by Crippen LogP contribution is 2.57. The maximum absolute atomic E-state index is 14.2. The van der Waals surface area contributed by atoms with Gasteiger partial charge in [-0.25, -0.2) is 0 Å². The Balaban J connectivity index is 1.43. The number of likely N-dealkylation sites (tertiary alicyclic amines) is 1. The average Bonchev–Trinajstić information content (AvgIpc) is 3.18. The van der Waals surface area contributed by atoms with Crippen LogP contribution in [0.5, 0.6) is 0 Å². The van der Waals surface area contributed by atoms with E-state index in [-0.39, 0.29) is 30.9 Å². The van der Waals surface area contributed by atoms with Crippen molar-refractivity contribution in [2.75, 3.05) is 31.1 Å². The third-order valence-electron chi connectivity index (χ3n) is 8.27. The molecule has 0 radical (unpaired) electrons. The number of carbonyl (C=O) groups excluding carboxylic acids is 3. The van der Waals surface area contributed by atoms with Crippen molar-refractivity contribution < 1.29 is 24.2 Å². The van der Waals surface area contributed by atoms with Crippen LogP contribution in [0.3, 0.4) is 0 Å². The van der Waals surface area contributed by atoms with E-state index in [4.69, 9.17) is 4.74 Å². The van der Waals surface area contributed by atoms with Crippen molar-refractivity contribution in [2.24, 2.45) is 11.8 Å². The number of fused-ring (bicyclic) bond motifs is 2. The molecule has 2 saturated heterocycles. The lowest BCUT2D eigenvalue weighted by Crippen LogP contribution is -2.56. The maximum atomic E-state index is 14.2. The van der Waals surface area contributed by atoms with Crippen LogP contribution in [-0.2, 0) is 25.7 Å². The summed E-state index contributed by atoms with van der Waals surface area (Å²) in [4.78, 5) is 47.3. The molecule has 0 aromatic heterocycles. The van der Waals surface area contributed by atoms with Crippen molar-refractivity contribution in [3.05, 3.63) is 90.5 Å². The first-order chi connectivity index (χ1) is 18.4. The number of hydrogen-bond donors (Lipinski definition) is 1. The van der Waals surface area contributed by atoms with Gasteiger partial charge in [0.1, 0.15) is 11.6 Å². The van der Waals surface area contributed by atoms with Gasteiger partial charge >= 0.3 is 0 Å². The van der Waals surface area contributed by atoms with Crippen LogP contribution in [0, 0.1) is 11.8 Å². The number of β-amino-alcohol motifs (C(OH)–C–C–N with tert-alkyl or cyclic N) is 1. The van der Waals surface area contributed by atoms with Crippen molar-refractivity contribution >= 4 is 23.4 Å². The minimum atomic E-state index is -1.33. The van der Waals surface area contributed by atoms with E-state index < -0.39 is 29.1 Å². The van der Waals surface area contributed by atoms with E-state index >= 15 is 0 Å². The summed E-state index contributed by atoms with van der Waals surface area (Å²) in [5.74, 6) is -2.54. The lowest BCUT2D eigenvalue weighted by Gasteiger charge is -2.37. The molecule has 1 N–H and O–H groups in total. The summed E-state index contributed by atoms with van der Waals surface area (Å²) in [5, 5.41) is 9.86. The minimum Gasteiger partial charge on any atom is -0.395 e. The first kappa shape index (κ1) is 24.6. The quantitative estimate of drug-likeness (QED) is 0.619. The van der Waals surface area contributed by atoms with E-state index in [1.807, 2.05) is 91.9 Å². The molecule has 0 aliphatic carbocycles. The van der Waals surface area contributed by atoms with Gasteiger partial charge in [-0.2, -0.15) is 0 Å². The van der Waals surface area contributed by atoms with E-state index in [2.05, 4.69) is 0 Å². The van der Waals surface area contributed by atoms with Gasteiger partial charge in [0.15, 0.2) is 0 Å². The number of carbonyl (C=O) groups is 3. The number of ether oxygens (including phenoxy) is 1. The first-order valence-corrected chi connectivity index (χ1v) is 13.1. The number of aliphatic hydroxyl groups excluding tert-OH is 1. The molecule has 4 heterocycles. The summed E-state index contributed by atoms with van der Waals surface area (Å²) in [5.41, 5.74) is -0.693. The summed E-state index contributed by atoms with van der Waals surface area (Å²) in [6, 6.07) is 18.1. The topological polar surface area (TPSA) is 90.4 Å². The van der Waals surface area contributed by atoms with Crippen molar-refractivity contribution in [2.45, 2.75) is 30.7 Å². The largest absolute Gasteiger partial charge is 0.395 e. The van der Waals surface area contributed by atoms with Gasteiger partial charge < -0.3 is 24.5 Å². The fourth-order valence-electron chi connectivity index (χ4n) is 6.70. The summed E-state index contributed by atoms with van der Waals surface area (Å²) < 4.78 is 6.79. The van der Waals surface area contributed by atoms with Crippen LogP contribution >= 0.6 is 0 Å². The summed E-state index contributed by atoms with van der Waals surface area (Å²) >= 11 is 0. The molecule has 4 aliphatic heterocycles. The number of aliphatic hydroxyl groups is 1. The van der Waals surface area contributed by atoms with Crippen LogP contribution in [0.4, 0.5) is 5.69 Å². The lowest BCUT2D eigenvalue weighted by molar-refractivity contribution is -0.151. The van der Waals surface area contributed by atoms with Crippen molar-refractivity contribution in [3.63, 3.8) is 0 Å². The van der Waals surface area contributed by atoms with Crippen LogP contribution in [0.1, 0.15) is 12.5 Å². The fraction of sp³-hybridized carbons (Fsp3) is 0.367. The van der Waals surface area contributed by atoms with Gasteiger partial charge in [0, 0.05) is 31.9 Å². The van der Waals surface area contributed by atoms with Crippen LogP contribution in [-0.4, -0.2) is 76.1 Å². The summed E-state index contributed by atoms with van der Waals surface area (Å²) in [7, 11) is 0. The van der Waals surface area contributed by atoms with Gasteiger partial charge in [0.05, 0.1) is 24.0 Å². The van der Waals surface area contributed by atoms with Crippen LogP contribution < -0.4 is 4.90 Å². The van der Waals surface area contributed by atoms with E-state index in [9.17, 15) is 19.5 Å². The maximum Gasteiger partial charge on any atom is 0.249 e. The number of nitrogens with zero attached hydrogens (tertiary/aromatic N) is 3. The normalized spacial score (nSPS) is 32.2. The molecule has 2 aromatic carbocycles. The van der Waals surface area contributed by atoms with Crippen LogP contribution in [0.25, 0.3) is 0 Å². The van der Waals surface area contributed by atoms with E-state index in [0.717, 1.165) is 11.3 Å². The van der Waals surface area contributed by atoms with Crippen molar-refractivity contribution in [3.8, 4) is 0 Å². The Labute approximate surface area is 221 Å². The molecule has 196 valence electrons. The summed E-state index contributed by atoms with van der Waals surface area (Å²) in [6.07, 6.45) is 7.48. The lowest BCUT2D eigenvalue weighted by atomic mass is 9.74. The molecule has 2 fully saturated rings. The first-order valence-electron chi connectivity index (χ1n) is 13.1. The predicted molar refractivity (Wildman–Crippen MR) is 141 cm³/mol. The zero-order valence-corrected chi connectivity index (χ0v) is 21.3. The second-order valence-electron chi connectivity index (χ2n) is 10.5. The Morgan fingerprint density at radius 2 is 1.55 bits per heavy atom. The Bertz CT molecular complexity index is 1310. The molecule has 8 heteroatoms. The molecule has 1 unspecified atom stereocenters. The van der Waals surface area contributed by atoms with Crippen LogP contribution in [0.15, 0.2) is 85.0 Å². The highest BCUT2D eigenvalue weighted by atomic mass is 16.5. The van der Waals surface area contributed by atoms with Gasteiger partial charge in [-0.3, -0.25) is 14.4 Å². The Hall–Kier alpha value is -3.75. The Kier molecular flexibility index (Phi) is 5.96. The van der Waals surface area contributed by atoms with Gasteiger partial charge in [-0.15, -0.1) is 0 Å². The highest BCUT2D eigenvalue weighted by molar-refractivity contribution is 6.04. The SMILES string of the molecule is C[C@]12C=CCN(c3ccccc3)C(=O)[C@H]1[C@H]1C(=O)N(CCO)C3C(=O)N(Cc4ccccc4)CC=C[C@@]31O2. The zero-order valence-electron chi connectivity index (χ0n) is 21.3. The molecule has 3 amide bonds. The van der Waals surface area contributed by atoms with Crippen LogP contribution in [0.2, 0.25) is 0 Å². The molecule has 2 aromatic rings. The minimum absolute atomic E-state index is 0.0142. The van der Waals surface area contributed by atoms with E-state index in [0.29, 0.717) is 19.6 Å². The number of hydrogen-bond acceptors (Lipinski definition) is 5. The molecule has 8 nitrogen and oxygen atoms in total. The Morgan fingerprint density at radius 1 is 0.868 bits per heavy atom. The number of anilines is 1. The standard InChI is InChI=1S/C30H31N3O5/c1-29-14-8-17-32(22-12-6-3-7-13-22)26(35)23(29)24-27(36)33(18-19-34)25-28(37)31(16-9-15-30(24,25)38-29)20-21-10-4-2-5-11-21/h2-15,23-25,34H,16-20H2,1H3/t23-,24+,25?,29+,30+/m1/s1. The Morgan fingerprint density at radius 3 is 2.26 bits per heavy atom. The second kappa shape index (κ2) is 9.22. The molecule has 5 atom stereocenters. The molecule has 0 bridgehead atoms. The molecule has 6 rings (SSSR count). The monoisotopic (exact) mass is 513 g/mol. The molecule has 0 saturated carbocycles. The van der Waals surface area contributed by atoms with Gasteiger partial charge in [-0.1, -0.05) is 72.8 Å². The molecular weight excluding hydrogens is 482 g/mol. The predicted octanol–water partition coefficient (Wildman–Crippen LogP) is 2.15. The molecule has 4 aliphatic rings. The van der Waals surface area contributed by atoms with Gasteiger partial charge in [-0.05, 0) is 24.6 Å². The average molecular weight is 514 g/mol. The summed E-state index contributed by atoms with van der Waals surface area (Å²) in [6.45, 7) is 2.61. The van der Waals surface area contributed by atoms with E-state index in [1.165, 1.54) is 4.90 Å². The smallest absolute Gasteiger partial charge is 0.249 e. The van der Waals surface area contributed by atoms with Gasteiger partial charge in [0.2, 0.25) is 17.7 Å². The number of amides is 3.